The number of aromatic nitrogens is 4. The van der Waals surface area contributed by atoms with Gasteiger partial charge in [0.15, 0.2) is 0 Å². The van der Waals surface area contributed by atoms with E-state index >= 15 is 0 Å². The van der Waals surface area contributed by atoms with Gasteiger partial charge in [-0.25, -0.2) is 9.97 Å². The molecule has 0 atom stereocenters. The Morgan fingerprint density at radius 3 is 2.91 bits per heavy atom. The van der Waals surface area contributed by atoms with E-state index in [0.717, 1.165) is 43.1 Å². The van der Waals surface area contributed by atoms with E-state index < -0.39 is 0 Å². The Morgan fingerprint density at radius 2 is 2.00 bits per heavy atom. The van der Waals surface area contributed by atoms with Crippen LogP contribution in [-0.4, -0.2) is 19.7 Å². The zero-order valence-electron chi connectivity index (χ0n) is 12.8. The molecule has 3 heterocycles. The molecule has 0 spiro atoms. The van der Waals surface area contributed by atoms with Crippen LogP contribution in [0.15, 0.2) is 6.20 Å². The van der Waals surface area contributed by atoms with Gasteiger partial charge in [0.05, 0.1) is 17.6 Å². The summed E-state index contributed by atoms with van der Waals surface area (Å²) in [6.45, 7) is 1.05. The lowest BCUT2D eigenvalue weighted by Gasteiger charge is -2.16. The minimum atomic E-state index is 0.604. The Labute approximate surface area is 130 Å². The third kappa shape index (κ3) is 2.02. The third-order valence-electron chi connectivity index (χ3n) is 5.13. The van der Waals surface area contributed by atoms with Crippen molar-refractivity contribution in [1.29, 1.82) is 0 Å². The van der Waals surface area contributed by atoms with E-state index in [1.54, 1.807) is 0 Å². The summed E-state index contributed by atoms with van der Waals surface area (Å²) in [7, 11) is 0. The number of fused-ring (bicyclic) bond motifs is 2. The monoisotopic (exact) mass is 295 g/mol. The second kappa shape index (κ2) is 4.80. The van der Waals surface area contributed by atoms with E-state index in [1.807, 2.05) is 6.20 Å². The first-order valence-electron chi connectivity index (χ1n) is 8.60. The van der Waals surface area contributed by atoms with Gasteiger partial charge in [0.1, 0.15) is 11.6 Å². The van der Waals surface area contributed by atoms with E-state index in [-0.39, 0.29) is 0 Å². The van der Waals surface area contributed by atoms with Gasteiger partial charge in [-0.3, -0.25) is 4.68 Å². The van der Waals surface area contributed by atoms with E-state index in [1.165, 1.54) is 49.1 Å². The van der Waals surface area contributed by atoms with Gasteiger partial charge in [0.2, 0.25) is 0 Å². The summed E-state index contributed by atoms with van der Waals surface area (Å²) >= 11 is 0. The van der Waals surface area contributed by atoms with Gasteiger partial charge in [-0.1, -0.05) is 0 Å². The zero-order chi connectivity index (χ0) is 14.5. The molecule has 0 bridgehead atoms. The lowest BCUT2D eigenvalue weighted by molar-refractivity contribution is 0.487. The van der Waals surface area contributed by atoms with Gasteiger partial charge >= 0.3 is 0 Å². The van der Waals surface area contributed by atoms with Crippen molar-refractivity contribution in [1.82, 2.24) is 19.7 Å². The van der Waals surface area contributed by atoms with Crippen molar-refractivity contribution < 1.29 is 0 Å². The van der Waals surface area contributed by atoms with Crippen LogP contribution in [0.1, 0.15) is 60.8 Å². The van der Waals surface area contributed by atoms with E-state index in [9.17, 15) is 0 Å². The summed E-state index contributed by atoms with van der Waals surface area (Å²) in [4.78, 5) is 9.69. The van der Waals surface area contributed by atoms with Crippen LogP contribution in [0.5, 0.6) is 0 Å². The maximum absolute atomic E-state index is 4.87. The Kier molecular flexibility index (Phi) is 2.75. The van der Waals surface area contributed by atoms with Crippen molar-refractivity contribution in [2.45, 2.75) is 63.8 Å². The highest BCUT2D eigenvalue weighted by atomic mass is 15.3. The van der Waals surface area contributed by atoms with Gasteiger partial charge in [-0.2, -0.15) is 5.10 Å². The fourth-order valence-electron chi connectivity index (χ4n) is 3.73. The quantitative estimate of drug-likeness (QED) is 0.945. The molecule has 1 aliphatic heterocycles. The molecule has 22 heavy (non-hydrogen) atoms. The molecule has 1 N–H and O–H groups in total. The molecular formula is C17H21N5. The number of nitrogens with zero attached hydrogens (tertiary/aromatic N) is 4. The minimum absolute atomic E-state index is 0.604. The first-order valence-corrected chi connectivity index (χ1v) is 8.60. The van der Waals surface area contributed by atoms with Crippen LogP contribution >= 0.6 is 0 Å². The summed E-state index contributed by atoms with van der Waals surface area (Å²) in [5.41, 5.74) is 5.10. The summed E-state index contributed by atoms with van der Waals surface area (Å²) in [6, 6.07) is 0. The van der Waals surface area contributed by atoms with Crippen LogP contribution in [0, 0.1) is 0 Å². The van der Waals surface area contributed by atoms with Crippen LogP contribution in [0.3, 0.4) is 0 Å². The SMILES string of the molecule is c1nn2c(c1Nc1nc(C3CC3)nc3c1CCC3)CCCC2. The Morgan fingerprint density at radius 1 is 1.05 bits per heavy atom. The molecule has 3 aliphatic rings. The molecule has 2 aliphatic carbocycles. The molecule has 5 nitrogen and oxygen atoms in total. The van der Waals surface area contributed by atoms with Crippen molar-refractivity contribution >= 4 is 11.5 Å². The Balaban J connectivity index is 1.53. The highest BCUT2D eigenvalue weighted by Crippen LogP contribution is 2.40. The molecule has 0 amide bonds. The predicted octanol–water partition coefficient (Wildman–Crippen LogP) is 3.12. The lowest BCUT2D eigenvalue weighted by Crippen LogP contribution is -2.12. The van der Waals surface area contributed by atoms with Crippen molar-refractivity contribution in [2.75, 3.05) is 5.32 Å². The number of hydrogen-bond acceptors (Lipinski definition) is 4. The van der Waals surface area contributed by atoms with Gasteiger partial charge < -0.3 is 5.32 Å². The average molecular weight is 295 g/mol. The van der Waals surface area contributed by atoms with Gasteiger partial charge in [-0.15, -0.1) is 0 Å². The molecule has 0 aromatic carbocycles. The van der Waals surface area contributed by atoms with Crippen molar-refractivity contribution in [2.24, 2.45) is 0 Å². The lowest BCUT2D eigenvalue weighted by atomic mass is 10.1. The molecule has 0 unspecified atom stereocenters. The van der Waals surface area contributed by atoms with Crippen molar-refractivity contribution in [3.05, 3.63) is 29.0 Å². The zero-order valence-corrected chi connectivity index (χ0v) is 12.8. The Hall–Kier alpha value is -1.91. The van der Waals surface area contributed by atoms with Crippen LogP contribution in [0.4, 0.5) is 11.5 Å². The van der Waals surface area contributed by atoms with E-state index in [2.05, 4.69) is 15.1 Å². The van der Waals surface area contributed by atoms with Crippen LogP contribution in [-0.2, 0) is 25.8 Å². The van der Waals surface area contributed by atoms with Gasteiger partial charge in [-0.05, 0) is 51.4 Å². The highest BCUT2D eigenvalue weighted by Gasteiger charge is 2.30. The fraction of sp³-hybridized carbons (Fsp3) is 0.588. The summed E-state index contributed by atoms with van der Waals surface area (Å²) in [5, 5.41) is 8.13. The summed E-state index contributed by atoms with van der Waals surface area (Å²) < 4.78 is 2.15. The summed E-state index contributed by atoms with van der Waals surface area (Å²) in [6.07, 6.45) is 11.5. The van der Waals surface area contributed by atoms with Crippen LogP contribution < -0.4 is 5.32 Å². The molecule has 114 valence electrons. The number of nitrogens with one attached hydrogen (secondary N) is 1. The molecule has 1 fully saturated rings. The third-order valence-corrected chi connectivity index (χ3v) is 5.13. The largest absolute Gasteiger partial charge is 0.337 e. The smallest absolute Gasteiger partial charge is 0.137 e. The van der Waals surface area contributed by atoms with Crippen molar-refractivity contribution in [3.63, 3.8) is 0 Å². The summed E-state index contributed by atoms with van der Waals surface area (Å²) in [5.74, 6) is 2.71. The number of aryl methyl sites for hydroxylation is 2. The average Bonchev–Trinajstić information content (AvgIpc) is 3.16. The maximum atomic E-state index is 4.87. The number of anilines is 2. The molecule has 5 heteroatoms. The first kappa shape index (κ1) is 12.6. The molecule has 2 aromatic rings. The predicted molar refractivity (Wildman–Crippen MR) is 84.5 cm³/mol. The fourth-order valence-corrected chi connectivity index (χ4v) is 3.73. The molecule has 5 rings (SSSR count). The molecule has 2 aromatic heterocycles. The minimum Gasteiger partial charge on any atom is -0.337 e. The molecule has 1 saturated carbocycles. The maximum Gasteiger partial charge on any atom is 0.137 e. The highest BCUT2D eigenvalue weighted by molar-refractivity contribution is 5.63. The first-order chi connectivity index (χ1) is 10.9. The second-order valence-electron chi connectivity index (χ2n) is 6.79. The number of hydrogen-bond donors (Lipinski definition) is 1. The standard InChI is InChI=1S/C17H21N5/c1-2-9-22-15(6-1)14(10-18-22)20-17-12-4-3-5-13(12)19-16(21-17)11-7-8-11/h10-11H,1-9H2,(H,19,20,21). The Bertz CT molecular complexity index is 729. The van der Waals surface area contributed by atoms with E-state index in [0.29, 0.717) is 5.92 Å². The van der Waals surface area contributed by atoms with Crippen LogP contribution in [0.2, 0.25) is 0 Å². The van der Waals surface area contributed by atoms with Crippen LogP contribution in [0.25, 0.3) is 0 Å². The van der Waals surface area contributed by atoms with Gasteiger partial charge in [0, 0.05) is 23.7 Å². The topological polar surface area (TPSA) is 55.6 Å². The molecule has 0 radical (unpaired) electrons. The van der Waals surface area contributed by atoms with Gasteiger partial charge in [0.25, 0.3) is 0 Å². The molecular weight excluding hydrogens is 274 g/mol. The van der Waals surface area contributed by atoms with Crippen molar-refractivity contribution in [3.8, 4) is 0 Å². The molecule has 0 saturated heterocycles. The van der Waals surface area contributed by atoms with E-state index in [4.69, 9.17) is 9.97 Å². The normalized spacial score (nSPS) is 19.8. The number of rotatable bonds is 3. The second-order valence-corrected chi connectivity index (χ2v) is 6.79.